The molecule has 0 aliphatic rings. The van der Waals surface area contributed by atoms with Gasteiger partial charge in [0.2, 0.25) is 5.88 Å². The van der Waals surface area contributed by atoms with Crippen molar-refractivity contribution in [3.8, 4) is 17.0 Å². The Kier molecular flexibility index (Phi) is 2.47. The summed E-state index contributed by atoms with van der Waals surface area (Å²) in [5.74, 6) is -0.102. The molecule has 4 nitrogen and oxygen atoms in total. The molecule has 0 bridgehead atoms. The van der Waals surface area contributed by atoms with Crippen LogP contribution in [-0.2, 0) is 0 Å². The fourth-order valence-corrected chi connectivity index (χ4v) is 1.31. The maximum atomic E-state index is 12.4. The number of alkyl halides is 2. The van der Waals surface area contributed by atoms with E-state index in [1.807, 2.05) is 0 Å². The van der Waals surface area contributed by atoms with Crippen LogP contribution in [-0.4, -0.2) is 10.3 Å². The van der Waals surface area contributed by atoms with E-state index in [4.69, 9.17) is 5.73 Å². The summed E-state index contributed by atoms with van der Waals surface area (Å²) in [6.45, 7) is 0. The molecule has 0 spiro atoms. The molecule has 6 heteroatoms. The van der Waals surface area contributed by atoms with Gasteiger partial charge in [-0.3, -0.25) is 0 Å². The third-order valence-corrected chi connectivity index (χ3v) is 2.08. The monoisotopic (exact) mass is 226 g/mol. The second-order valence-corrected chi connectivity index (χ2v) is 3.19. The number of phenolic OH excluding ortho intramolecular Hbond substituents is 1. The smallest absolute Gasteiger partial charge is 0.263 e. The topological polar surface area (TPSA) is 72.3 Å². The first-order valence-corrected chi connectivity index (χ1v) is 4.41. The summed E-state index contributed by atoms with van der Waals surface area (Å²) in [7, 11) is 0. The first kappa shape index (κ1) is 10.4. The number of nitrogen functional groups attached to an aromatic ring is 1. The van der Waals surface area contributed by atoms with E-state index in [0.717, 1.165) is 12.1 Å². The summed E-state index contributed by atoms with van der Waals surface area (Å²) in [5, 5.41) is 13.1. The molecule has 1 aromatic heterocycles. The van der Waals surface area contributed by atoms with Crippen molar-refractivity contribution >= 4 is 5.88 Å². The molecular weight excluding hydrogens is 218 g/mol. The van der Waals surface area contributed by atoms with Crippen LogP contribution < -0.4 is 5.73 Å². The summed E-state index contributed by atoms with van der Waals surface area (Å²) >= 11 is 0. The molecule has 16 heavy (non-hydrogen) atoms. The van der Waals surface area contributed by atoms with Crippen molar-refractivity contribution in [2.75, 3.05) is 5.73 Å². The van der Waals surface area contributed by atoms with Crippen LogP contribution in [0.1, 0.15) is 12.0 Å². The van der Waals surface area contributed by atoms with Gasteiger partial charge in [0.25, 0.3) is 6.43 Å². The van der Waals surface area contributed by atoms with E-state index >= 15 is 0 Å². The van der Waals surface area contributed by atoms with Crippen molar-refractivity contribution in [3.05, 3.63) is 29.8 Å². The molecule has 3 N–H and O–H groups in total. The van der Waals surface area contributed by atoms with Crippen LogP contribution in [0, 0.1) is 0 Å². The molecule has 0 aliphatic carbocycles. The second-order valence-electron chi connectivity index (χ2n) is 3.19. The first-order valence-electron chi connectivity index (χ1n) is 4.41. The Labute approximate surface area is 89.3 Å². The van der Waals surface area contributed by atoms with Crippen LogP contribution in [0.4, 0.5) is 14.7 Å². The lowest BCUT2D eigenvalue weighted by Crippen LogP contribution is -1.86. The lowest BCUT2D eigenvalue weighted by Gasteiger charge is -2.04. The average Bonchev–Trinajstić information content (AvgIpc) is 2.65. The SMILES string of the molecule is Nc1cc(-c2cc(C(F)F)ccc2O)no1. The van der Waals surface area contributed by atoms with Gasteiger partial charge in [-0.15, -0.1) is 0 Å². The van der Waals surface area contributed by atoms with Gasteiger partial charge in [-0.2, -0.15) is 0 Å². The van der Waals surface area contributed by atoms with E-state index in [1.54, 1.807) is 0 Å². The van der Waals surface area contributed by atoms with Gasteiger partial charge < -0.3 is 15.4 Å². The average molecular weight is 226 g/mol. The number of aromatic hydroxyl groups is 1. The Morgan fingerprint density at radius 2 is 2.06 bits per heavy atom. The molecular formula is C10H8F2N2O2. The molecule has 1 heterocycles. The van der Waals surface area contributed by atoms with Gasteiger partial charge in [-0.1, -0.05) is 5.16 Å². The van der Waals surface area contributed by atoms with Crippen molar-refractivity contribution in [2.45, 2.75) is 6.43 Å². The highest BCUT2D eigenvalue weighted by Crippen LogP contribution is 2.32. The van der Waals surface area contributed by atoms with E-state index in [9.17, 15) is 13.9 Å². The Morgan fingerprint density at radius 3 is 2.62 bits per heavy atom. The third kappa shape index (κ3) is 1.81. The number of hydrogen-bond acceptors (Lipinski definition) is 4. The Hall–Kier alpha value is -2.11. The number of rotatable bonds is 2. The van der Waals surface area contributed by atoms with Gasteiger partial charge in [0, 0.05) is 17.2 Å². The van der Waals surface area contributed by atoms with E-state index in [-0.39, 0.29) is 28.5 Å². The van der Waals surface area contributed by atoms with Crippen molar-refractivity contribution in [1.29, 1.82) is 0 Å². The molecule has 0 unspecified atom stereocenters. The molecule has 1 aromatic carbocycles. The Bertz CT molecular complexity index is 511. The van der Waals surface area contributed by atoms with Gasteiger partial charge in [-0.05, 0) is 18.2 Å². The predicted octanol–water partition coefficient (Wildman–Crippen LogP) is 2.57. The molecule has 0 aliphatic heterocycles. The quantitative estimate of drug-likeness (QED) is 0.825. The summed E-state index contributed by atoms with van der Waals surface area (Å²) in [6, 6.07) is 4.83. The normalized spacial score (nSPS) is 10.9. The van der Waals surface area contributed by atoms with Gasteiger partial charge in [0.1, 0.15) is 11.4 Å². The van der Waals surface area contributed by atoms with Crippen LogP contribution in [0.5, 0.6) is 5.75 Å². The number of phenols is 1. The maximum absolute atomic E-state index is 12.4. The zero-order valence-electron chi connectivity index (χ0n) is 8.02. The molecule has 0 atom stereocenters. The first-order chi connectivity index (χ1) is 7.58. The van der Waals surface area contributed by atoms with Crippen LogP contribution in [0.25, 0.3) is 11.3 Å². The fourth-order valence-electron chi connectivity index (χ4n) is 1.31. The molecule has 0 radical (unpaired) electrons. The summed E-state index contributed by atoms with van der Waals surface area (Å²) in [4.78, 5) is 0. The van der Waals surface area contributed by atoms with E-state index in [1.165, 1.54) is 12.1 Å². The number of nitrogens with two attached hydrogens (primary N) is 1. The summed E-state index contributed by atoms with van der Waals surface area (Å²) < 4.78 is 29.5. The van der Waals surface area contributed by atoms with Crippen molar-refractivity contribution < 1.29 is 18.4 Å². The van der Waals surface area contributed by atoms with Crippen molar-refractivity contribution in [3.63, 3.8) is 0 Å². The molecule has 0 fully saturated rings. The number of nitrogens with zero attached hydrogens (tertiary/aromatic N) is 1. The number of aromatic nitrogens is 1. The molecule has 2 aromatic rings. The highest BCUT2D eigenvalue weighted by atomic mass is 19.3. The number of hydrogen-bond donors (Lipinski definition) is 2. The molecule has 0 saturated carbocycles. The van der Waals surface area contributed by atoms with E-state index < -0.39 is 6.43 Å². The number of benzene rings is 1. The minimum atomic E-state index is -2.61. The Morgan fingerprint density at radius 1 is 1.31 bits per heavy atom. The van der Waals surface area contributed by atoms with Gasteiger partial charge >= 0.3 is 0 Å². The maximum Gasteiger partial charge on any atom is 0.263 e. The van der Waals surface area contributed by atoms with Crippen molar-refractivity contribution in [2.24, 2.45) is 0 Å². The summed E-state index contributed by atoms with van der Waals surface area (Å²) in [6.07, 6.45) is -2.61. The standard InChI is InChI=1S/C10H8F2N2O2/c11-10(12)5-1-2-8(15)6(3-5)7-4-9(13)16-14-7/h1-4,10,15H,13H2. The highest BCUT2D eigenvalue weighted by molar-refractivity contribution is 5.68. The fraction of sp³-hybridized carbons (Fsp3) is 0.100. The zero-order chi connectivity index (χ0) is 11.7. The predicted molar refractivity (Wildman–Crippen MR) is 53.0 cm³/mol. The molecule has 84 valence electrons. The lowest BCUT2D eigenvalue weighted by atomic mass is 10.1. The third-order valence-electron chi connectivity index (χ3n) is 2.08. The van der Waals surface area contributed by atoms with E-state index in [2.05, 4.69) is 9.68 Å². The van der Waals surface area contributed by atoms with E-state index in [0.29, 0.717) is 0 Å². The second kappa shape index (κ2) is 3.80. The highest BCUT2D eigenvalue weighted by Gasteiger charge is 2.14. The largest absolute Gasteiger partial charge is 0.507 e. The zero-order valence-corrected chi connectivity index (χ0v) is 8.02. The minimum absolute atomic E-state index is 0.0526. The van der Waals surface area contributed by atoms with Gasteiger partial charge in [0.15, 0.2) is 0 Å². The molecule has 2 rings (SSSR count). The van der Waals surface area contributed by atoms with Gasteiger partial charge in [0.05, 0.1) is 0 Å². The molecule has 0 amide bonds. The molecule has 0 saturated heterocycles. The summed E-state index contributed by atoms with van der Waals surface area (Å²) in [5.41, 5.74) is 5.49. The van der Waals surface area contributed by atoms with Crippen LogP contribution >= 0.6 is 0 Å². The Balaban J connectivity index is 2.51. The van der Waals surface area contributed by atoms with Crippen LogP contribution in [0.2, 0.25) is 0 Å². The van der Waals surface area contributed by atoms with Gasteiger partial charge in [-0.25, -0.2) is 8.78 Å². The number of halogens is 2. The van der Waals surface area contributed by atoms with Crippen LogP contribution in [0.15, 0.2) is 28.8 Å². The minimum Gasteiger partial charge on any atom is -0.507 e. The lowest BCUT2D eigenvalue weighted by molar-refractivity contribution is 0.151. The van der Waals surface area contributed by atoms with Crippen molar-refractivity contribution in [1.82, 2.24) is 5.16 Å². The van der Waals surface area contributed by atoms with Crippen LogP contribution in [0.3, 0.4) is 0 Å². The number of anilines is 1.